The van der Waals surface area contributed by atoms with Crippen molar-refractivity contribution in [1.29, 1.82) is 0 Å². The maximum Gasteiger partial charge on any atom is 0.0717 e. The van der Waals surface area contributed by atoms with Gasteiger partial charge in [-0.1, -0.05) is 98.8 Å². The highest BCUT2D eigenvalue weighted by molar-refractivity contribution is 7.25. The van der Waals surface area contributed by atoms with Crippen molar-refractivity contribution in [3.63, 3.8) is 0 Å². The van der Waals surface area contributed by atoms with Crippen molar-refractivity contribution >= 4 is 53.1 Å². The summed E-state index contributed by atoms with van der Waals surface area (Å²) in [6.45, 7) is 13.9. The lowest BCUT2D eigenvalue weighted by Gasteiger charge is -2.40. The fraction of sp³-hybridized carbons (Fsp3) is 0.429. The molecule has 9 rings (SSSR count). The van der Waals surface area contributed by atoms with E-state index in [0.717, 1.165) is 117 Å². The molecule has 0 radical (unpaired) electrons. The Morgan fingerprint density at radius 2 is 0.873 bits per heavy atom. The molecule has 3 heterocycles. The van der Waals surface area contributed by atoms with Crippen molar-refractivity contribution in [2.24, 2.45) is 10.8 Å². The van der Waals surface area contributed by atoms with E-state index in [1.807, 2.05) is 11.3 Å². The first-order chi connectivity index (χ1) is 31.1. The molecule has 0 unspecified atom stereocenters. The monoisotopic (exact) mass is 864 g/mol. The number of unbranched alkanes of at least 4 members (excludes halogenated alkanes) is 4. The van der Waals surface area contributed by atoms with E-state index in [-0.39, 0.29) is 10.8 Å². The molecule has 7 heteroatoms. The molecule has 0 bridgehead atoms. The Morgan fingerprint density at radius 3 is 1.37 bits per heavy atom. The van der Waals surface area contributed by atoms with Crippen LogP contribution in [0.2, 0.25) is 0 Å². The summed E-state index contributed by atoms with van der Waals surface area (Å²) in [6, 6.07) is 40.8. The zero-order valence-corrected chi connectivity index (χ0v) is 38.2. The van der Waals surface area contributed by atoms with Crippen molar-refractivity contribution in [1.82, 2.24) is 0 Å². The highest BCUT2D eigenvalue weighted by Crippen LogP contribution is 2.45. The first-order valence-corrected chi connectivity index (χ1v) is 24.3. The maximum atomic E-state index is 6.19. The van der Waals surface area contributed by atoms with Gasteiger partial charge in [0.15, 0.2) is 0 Å². The second-order valence-electron chi connectivity index (χ2n) is 18.2. The smallest absolute Gasteiger partial charge is 0.0717 e. The second kappa shape index (κ2) is 20.8. The predicted octanol–water partition coefficient (Wildman–Crippen LogP) is 14.0. The number of fused-ring (bicyclic) bond motifs is 5. The van der Waals surface area contributed by atoms with Crippen LogP contribution in [0.5, 0.6) is 0 Å². The summed E-state index contributed by atoms with van der Waals surface area (Å²) < 4.78 is 37.7. The van der Waals surface area contributed by atoms with Crippen LogP contribution < -0.4 is 0 Å². The average molecular weight is 865 g/mol. The molecular weight excluding hydrogens is 801 g/mol. The SMILES string of the molecule is CCC1(COCCCCCOCc2ccc(-c3c4ccccc4c(-c4ccc5sc6ccc(COCCCCCOCC7(CC)COC7)cc6c5c4)c4ccccc34)cc2)COC1. The maximum absolute atomic E-state index is 6.19. The Labute approximate surface area is 377 Å². The summed E-state index contributed by atoms with van der Waals surface area (Å²) >= 11 is 1.87. The molecule has 0 atom stereocenters. The van der Waals surface area contributed by atoms with Crippen LogP contribution in [-0.4, -0.2) is 66.1 Å². The second-order valence-corrected chi connectivity index (χ2v) is 19.3. The fourth-order valence-electron chi connectivity index (χ4n) is 9.28. The number of hydrogen-bond donors (Lipinski definition) is 0. The zero-order chi connectivity index (χ0) is 42.9. The summed E-state index contributed by atoms with van der Waals surface area (Å²) in [5.74, 6) is 0. The third-order valence-corrected chi connectivity index (χ3v) is 14.8. The summed E-state index contributed by atoms with van der Waals surface area (Å²) in [6.07, 6.45) is 8.74. The van der Waals surface area contributed by atoms with Crippen LogP contribution in [0.1, 0.15) is 76.3 Å². The van der Waals surface area contributed by atoms with Crippen LogP contribution in [0, 0.1) is 10.8 Å². The largest absolute Gasteiger partial charge is 0.381 e. The third kappa shape index (κ3) is 10.1. The van der Waals surface area contributed by atoms with Crippen molar-refractivity contribution in [2.75, 3.05) is 66.1 Å². The molecule has 7 aromatic rings. The number of rotatable bonds is 24. The molecule has 2 saturated heterocycles. The molecule has 2 fully saturated rings. The van der Waals surface area contributed by atoms with Crippen LogP contribution >= 0.6 is 11.3 Å². The molecule has 6 aromatic carbocycles. The molecule has 0 saturated carbocycles. The van der Waals surface area contributed by atoms with Gasteiger partial charge >= 0.3 is 0 Å². The molecule has 63 heavy (non-hydrogen) atoms. The Hall–Kier alpha value is -4.18. The molecule has 0 N–H and O–H groups in total. The highest BCUT2D eigenvalue weighted by Gasteiger charge is 2.37. The van der Waals surface area contributed by atoms with E-state index in [0.29, 0.717) is 13.2 Å². The predicted molar refractivity (Wildman–Crippen MR) is 261 cm³/mol. The summed E-state index contributed by atoms with van der Waals surface area (Å²) in [4.78, 5) is 0. The molecular formula is C56H64O6S. The Kier molecular flexibility index (Phi) is 14.5. The molecule has 2 aliphatic heterocycles. The van der Waals surface area contributed by atoms with Gasteiger partial charge < -0.3 is 28.4 Å². The van der Waals surface area contributed by atoms with Crippen molar-refractivity contribution in [3.8, 4) is 22.3 Å². The number of hydrogen-bond acceptors (Lipinski definition) is 7. The zero-order valence-electron chi connectivity index (χ0n) is 37.4. The van der Waals surface area contributed by atoms with Gasteiger partial charge in [-0.3, -0.25) is 0 Å². The van der Waals surface area contributed by atoms with Crippen molar-refractivity contribution in [2.45, 2.75) is 78.4 Å². The Bertz CT molecular complexity index is 2520. The van der Waals surface area contributed by atoms with Crippen LogP contribution in [0.3, 0.4) is 0 Å². The van der Waals surface area contributed by atoms with Crippen molar-refractivity contribution in [3.05, 3.63) is 120 Å². The minimum Gasteiger partial charge on any atom is -0.381 e. The quantitative estimate of drug-likeness (QED) is 0.0446. The first-order valence-electron chi connectivity index (χ1n) is 23.5. The van der Waals surface area contributed by atoms with Crippen LogP contribution in [0.4, 0.5) is 0 Å². The van der Waals surface area contributed by atoms with E-state index in [1.165, 1.54) is 75.1 Å². The van der Waals surface area contributed by atoms with Gasteiger partial charge in [0, 0.05) is 57.4 Å². The molecule has 6 nitrogen and oxygen atoms in total. The number of thiophene rings is 1. The number of ether oxygens (including phenoxy) is 6. The van der Waals surface area contributed by atoms with Gasteiger partial charge in [0.05, 0.1) is 52.9 Å². The van der Waals surface area contributed by atoms with E-state index < -0.39 is 0 Å². The minimum absolute atomic E-state index is 0.264. The molecule has 2 aliphatic rings. The molecule has 0 amide bonds. The van der Waals surface area contributed by atoms with E-state index >= 15 is 0 Å². The Balaban J connectivity index is 0.847. The summed E-state index contributed by atoms with van der Waals surface area (Å²) in [5, 5.41) is 7.67. The lowest BCUT2D eigenvalue weighted by Crippen LogP contribution is -2.45. The highest BCUT2D eigenvalue weighted by atomic mass is 32.1. The summed E-state index contributed by atoms with van der Waals surface area (Å²) in [5.41, 5.74) is 7.97. The minimum atomic E-state index is 0.264. The third-order valence-electron chi connectivity index (χ3n) is 13.6. The molecule has 330 valence electrons. The van der Waals surface area contributed by atoms with Crippen LogP contribution in [-0.2, 0) is 41.6 Å². The van der Waals surface area contributed by atoms with Gasteiger partial charge in [0.2, 0.25) is 0 Å². The standard InChI is InChI=1S/C56H64O6S/c1-3-55(37-61-38-55)35-59-29-13-5-11-27-57-33-41-19-22-43(23-20-41)53-45-15-7-9-17-47(45)54(48-18-10-8-16-46(48)53)44-24-26-52-50(32-44)49-31-42(21-25-51(49)63-52)34-58-28-12-6-14-30-60-36-56(4-2)39-62-40-56/h7-10,15-26,31-32H,3-6,11-14,27-30,33-40H2,1-2H3. The van der Waals surface area contributed by atoms with Gasteiger partial charge in [-0.25, -0.2) is 0 Å². The van der Waals surface area contributed by atoms with Gasteiger partial charge in [-0.2, -0.15) is 0 Å². The van der Waals surface area contributed by atoms with Gasteiger partial charge in [-0.15, -0.1) is 11.3 Å². The van der Waals surface area contributed by atoms with Gasteiger partial charge in [0.1, 0.15) is 0 Å². The van der Waals surface area contributed by atoms with Gasteiger partial charge in [-0.05, 0) is 131 Å². The average Bonchev–Trinajstić information content (AvgIpc) is 3.66. The normalized spacial score (nSPS) is 15.7. The summed E-state index contributed by atoms with van der Waals surface area (Å²) in [7, 11) is 0. The van der Waals surface area contributed by atoms with Crippen LogP contribution in [0.15, 0.2) is 109 Å². The number of benzene rings is 6. The van der Waals surface area contributed by atoms with Crippen molar-refractivity contribution < 1.29 is 28.4 Å². The molecule has 0 aliphatic carbocycles. The lowest BCUT2D eigenvalue weighted by molar-refractivity contribution is -0.150. The first kappa shape index (κ1) is 44.0. The van der Waals surface area contributed by atoms with E-state index in [4.69, 9.17) is 28.4 Å². The fourth-order valence-corrected chi connectivity index (χ4v) is 10.3. The van der Waals surface area contributed by atoms with Gasteiger partial charge in [0.25, 0.3) is 0 Å². The molecule has 1 aromatic heterocycles. The molecule has 0 spiro atoms. The van der Waals surface area contributed by atoms with E-state index in [2.05, 4.69) is 123 Å². The van der Waals surface area contributed by atoms with Crippen LogP contribution in [0.25, 0.3) is 64.0 Å². The lowest BCUT2D eigenvalue weighted by atomic mass is 9.84. The van der Waals surface area contributed by atoms with E-state index in [9.17, 15) is 0 Å². The van der Waals surface area contributed by atoms with E-state index in [1.54, 1.807) is 0 Å². The Morgan fingerprint density at radius 1 is 0.444 bits per heavy atom. The topological polar surface area (TPSA) is 55.4 Å².